The largest absolute Gasteiger partial charge is 0.501 e. The first-order valence-corrected chi connectivity index (χ1v) is 5.95. The van der Waals surface area contributed by atoms with Gasteiger partial charge in [0.2, 0.25) is 0 Å². The summed E-state index contributed by atoms with van der Waals surface area (Å²) in [6, 6.07) is 3.93. The van der Waals surface area contributed by atoms with Gasteiger partial charge in [-0.1, -0.05) is 12.1 Å². The van der Waals surface area contributed by atoms with E-state index in [1.807, 2.05) is 0 Å². The molecule has 0 fully saturated rings. The van der Waals surface area contributed by atoms with E-state index in [2.05, 4.69) is 0 Å². The number of hydrogen-bond donors (Lipinski definition) is 1. The van der Waals surface area contributed by atoms with Crippen molar-refractivity contribution in [1.29, 1.82) is 0 Å². The van der Waals surface area contributed by atoms with Crippen molar-refractivity contribution in [2.24, 2.45) is 0 Å². The Hall–Kier alpha value is -1.83. The molecule has 0 aromatic heterocycles. The molecule has 0 saturated carbocycles. The number of carboxylic acids is 1. The molecule has 0 aliphatic heterocycles. The molecule has 1 aromatic rings. The van der Waals surface area contributed by atoms with E-state index in [0.717, 1.165) is 24.3 Å². The van der Waals surface area contributed by atoms with Gasteiger partial charge in [0.05, 0.1) is 4.90 Å². The number of rotatable bonds is 3. The predicted octanol–water partition coefficient (Wildman–Crippen LogP) is 2.08. The quantitative estimate of drug-likeness (QED) is 0.860. The second-order valence-corrected chi connectivity index (χ2v) is 5.13. The van der Waals surface area contributed by atoms with Gasteiger partial charge in [-0.05, 0) is 23.8 Å². The lowest BCUT2D eigenvalue weighted by Crippen LogP contribution is -2.23. The number of carbonyl (C=O) groups is 1. The standard InChI is InChI=1S/C10H7F3O4S/c11-10(12,13)18(16,17)8-3-1-2-7(6-8)4-5-9(14)15/h1-6H,(H,14,15)/b5-4+. The highest BCUT2D eigenvalue weighted by Gasteiger charge is 2.46. The van der Waals surface area contributed by atoms with Gasteiger partial charge in [0, 0.05) is 6.08 Å². The lowest BCUT2D eigenvalue weighted by atomic mass is 10.2. The summed E-state index contributed by atoms with van der Waals surface area (Å²) in [7, 11) is -5.42. The summed E-state index contributed by atoms with van der Waals surface area (Å²) in [5.41, 5.74) is -5.34. The first kappa shape index (κ1) is 14.2. The zero-order valence-corrected chi connectivity index (χ0v) is 9.49. The van der Waals surface area contributed by atoms with Crippen LogP contribution in [0, 0.1) is 0 Å². The van der Waals surface area contributed by atoms with Gasteiger partial charge in [-0.2, -0.15) is 13.2 Å². The van der Waals surface area contributed by atoms with Gasteiger partial charge >= 0.3 is 11.5 Å². The fourth-order valence-corrected chi connectivity index (χ4v) is 1.90. The Labute approximate surface area is 100 Å². The number of halogens is 3. The summed E-state index contributed by atoms with van der Waals surface area (Å²) in [5, 5.41) is 8.35. The van der Waals surface area contributed by atoms with Crippen LogP contribution in [0.3, 0.4) is 0 Å². The molecule has 98 valence electrons. The van der Waals surface area contributed by atoms with Crippen LogP contribution >= 0.6 is 0 Å². The van der Waals surface area contributed by atoms with Crippen LogP contribution in [-0.4, -0.2) is 25.0 Å². The molecule has 1 rings (SSSR count). The Morgan fingerprint density at radius 3 is 2.39 bits per heavy atom. The van der Waals surface area contributed by atoms with E-state index in [9.17, 15) is 26.4 Å². The number of benzene rings is 1. The van der Waals surface area contributed by atoms with Gasteiger partial charge in [0.25, 0.3) is 9.84 Å². The average Bonchev–Trinajstić information content (AvgIpc) is 2.25. The van der Waals surface area contributed by atoms with Crippen LogP contribution in [0.4, 0.5) is 13.2 Å². The van der Waals surface area contributed by atoms with Gasteiger partial charge in [-0.3, -0.25) is 0 Å². The maximum Gasteiger partial charge on any atom is 0.501 e. The van der Waals surface area contributed by atoms with Crippen LogP contribution in [0.1, 0.15) is 5.56 Å². The van der Waals surface area contributed by atoms with E-state index in [-0.39, 0.29) is 5.56 Å². The van der Waals surface area contributed by atoms with Crippen molar-refractivity contribution in [3.63, 3.8) is 0 Å². The molecule has 4 nitrogen and oxygen atoms in total. The summed E-state index contributed by atoms with van der Waals surface area (Å²) in [4.78, 5) is 9.30. The molecule has 1 aromatic carbocycles. The lowest BCUT2D eigenvalue weighted by Gasteiger charge is -2.08. The van der Waals surface area contributed by atoms with Gasteiger partial charge < -0.3 is 5.11 Å². The minimum atomic E-state index is -5.42. The Morgan fingerprint density at radius 2 is 1.89 bits per heavy atom. The molecule has 8 heteroatoms. The normalized spacial score (nSPS) is 12.8. The van der Waals surface area contributed by atoms with Crippen LogP contribution < -0.4 is 0 Å². The van der Waals surface area contributed by atoms with Crippen molar-refractivity contribution in [3.05, 3.63) is 35.9 Å². The number of carboxylic acid groups (broad SMARTS) is 1. The van der Waals surface area contributed by atoms with E-state index < -0.39 is 26.2 Å². The first-order chi connectivity index (χ1) is 8.14. The first-order valence-electron chi connectivity index (χ1n) is 4.47. The molecular formula is C10H7F3O4S. The van der Waals surface area contributed by atoms with Crippen LogP contribution in [-0.2, 0) is 14.6 Å². The topological polar surface area (TPSA) is 71.4 Å². The van der Waals surface area contributed by atoms with Gasteiger partial charge in [0.15, 0.2) is 0 Å². The number of sulfone groups is 1. The minimum Gasteiger partial charge on any atom is -0.478 e. The molecule has 0 heterocycles. The second-order valence-electron chi connectivity index (χ2n) is 3.19. The summed E-state index contributed by atoms with van der Waals surface area (Å²) in [6.07, 6.45) is 1.69. The van der Waals surface area contributed by atoms with Gasteiger partial charge in [-0.15, -0.1) is 0 Å². The fourth-order valence-electron chi connectivity index (χ4n) is 1.09. The van der Waals surface area contributed by atoms with Crippen LogP contribution in [0.2, 0.25) is 0 Å². The molecule has 0 unspecified atom stereocenters. The summed E-state index contributed by atoms with van der Waals surface area (Å²) in [6.45, 7) is 0. The van der Waals surface area contributed by atoms with E-state index in [4.69, 9.17) is 5.11 Å². The third-order valence-corrected chi connectivity index (χ3v) is 3.38. The Balaban J connectivity index is 3.22. The molecule has 0 radical (unpaired) electrons. The molecule has 0 saturated heterocycles. The van der Waals surface area contributed by atoms with E-state index in [1.165, 1.54) is 6.07 Å². The molecule has 0 aliphatic carbocycles. The van der Waals surface area contributed by atoms with E-state index in [1.54, 1.807) is 0 Å². The summed E-state index contributed by atoms with van der Waals surface area (Å²) >= 11 is 0. The molecule has 0 atom stereocenters. The number of alkyl halides is 3. The Morgan fingerprint density at radius 1 is 1.28 bits per heavy atom. The van der Waals surface area contributed by atoms with E-state index in [0.29, 0.717) is 6.08 Å². The maximum atomic E-state index is 12.3. The SMILES string of the molecule is O=C(O)/C=C/c1cccc(S(=O)(=O)C(F)(F)F)c1. The van der Waals surface area contributed by atoms with Crippen LogP contribution in [0.25, 0.3) is 6.08 Å². The number of hydrogen-bond acceptors (Lipinski definition) is 3. The van der Waals surface area contributed by atoms with Crippen molar-refractivity contribution in [2.75, 3.05) is 0 Å². The Bertz CT molecular complexity index is 587. The van der Waals surface area contributed by atoms with Crippen molar-refractivity contribution in [1.82, 2.24) is 0 Å². The van der Waals surface area contributed by atoms with Crippen LogP contribution in [0.5, 0.6) is 0 Å². The highest BCUT2D eigenvalue weighted by atomic mass is 32.2. The molecule has 1 N–H and O–H groups in total. The lowest BCUT2D eigenvalue weighted by molar-refractivity contribution is -0.131. The molecule has 0 spiro atoms. The monoisotopic (exact) mass is 280 g/mol. The highest BCUT2D eigenvalue weighted by molar-refractivity contribution is 7.92. The highest BCUT2D eigenvalue weighted by Crippen LogP contribution is 2.30. The third kappa shape index (κ3) is 3.10. The molecule has 18 heavy (non-hydrogen) atoms. The average molecular weight is 280 g/mol. The van der Waals surface area contributed by atoms with Crippen molar-refractivity contribution >= 4 is 21.9 Å². The zero-order valence-electron chi connectivity index (χ0n) is 8.68. The Kier molecular flexibility index (Phi) is 3.80. The maximum absolute atomic E-state index is 12.3. The minimum absolute atomic E-state index is 0.0442. The van der Waals surface area contributed by atoms with Crippen LogP contribution in [0.15, 0.2) is 35.2 Å². The molecular weight excluding hydrogens is 273 g/mol. The van der Waals surface area contributed by atoms with Gasteiger partial charge in [0.1, 0.15) is 0 Å². The summed E-state index contributed by atoms with van der Waals surface area (Å²) < 4.78 is 59.0. The van der Waals surface area contributed by atoms with Crippen molar-refractivity contribution < 1.29 is 31.5 Å². The second kappa shape index (κ2) is 4.81. The predicted molar refractivity (Wildman–Crippen MR) is 56.4 cm³/mol. The number of aliphatic carboxylic acids is 1. The zero-order chi connectivity index (χ0) is 14.0. The molecule has 0 amide bonds. The van der Waals surface area contributed by atoms with Crippen molar-refractivity contribution in [3.8, 4) is 0 Å². The van der Waals surface area contributed by atoms with E-state index >= 15 is 0 Å². The molecule has 0 aliphatic rings. The third-order valence-electron chi connectivity index (χ3n) is 1.89. The smallest absolute Gasteiger partial charge is 0.478 e. The summed E-state index contributed by atoms with van der Waals surface area (Å²) in [5.74, 6) is -1.29. The van der Waals surface area contributed by atoms with Crippen molar-refractivity contribution in [2.45, 2.75) is 10.4 Å². The molecule has 0 bridgehead atoms. The van der Waals surface area contributed by atoms with Gasteiger partial charge in [-0.25, -0.2) is 13.2 Å². The fraction of sp³-hybridized carbons (Fsp3) is 0.100.